The third-order valence-corrected chi connectivity index (χ3v) is 7.44. The summed E-state index contributed by atoms with van der Waals surface area (Å²) in [7, 11) is 0.282. The first-order valence-electron chi connectivity index (χ1n) is 11.6. The molecule has 0 aliphatic heterocycles. The summed E-state index contributed by atoms with van der Waals surface area (Å²) >= 11 is 0. The second kappa shape index (κ2) is 10.6. The molecule has 0 N–H and O–H groups in total. The summed E-state index contributed by atoms with van der Waals surface area (Å²) in [5.41, 5.74) is 1.24. The molecule has 11 heteroatoms. The van der Waals surface area contributed by atoms with E-state index < -0.39 is 36.1 Å². The van der Waals surface area contributed by atoms with E-state index in [-0.39, 0.29) is 12.5 Å². The molecule has 194 valence electrons. The van der Waals surface area contributed by atoms with Crippen LogP contribution in [0.1, 0.15) is 0 Å². The molecule has 2 aromatic carbocycles. The molecule has 37 heavy (non-hydrogen) atoms. The number of pyridine rings is 1. The molecule has 0 aliphatic rings. The topological polar surface area (TPSA) is 88.7 Å². The first kappa shape index (κ1) is 26.2. The molecule has 0 radical (unpaired) electrons. The zero-order valence-electron chi connectivity index (χ0n) is 21.0. The highest BCUT2D eigenvalue weighted by Crippen LogP contribution is 2.40. The number of non-ortho nitro benzene ring substituents is 1. The number of hydrogen-bond donors (Lipinski definition) is 0. The summed E-state index contributed by atoms with van der Waals surface area (Å²) in [6, 6.07) is 11.1. The van der Waals surface area contributed by atoms with Gasteiger partial charge in [0.1, 0.15) is 23.9 Å². The van der Waals surface area contributed by atoms with Crippen molar-refractivity contribution in [1.82, 2.24) is 9.55 Å². The van der Waals surface area contributed by atoms with Crippen molar-refractivity contribution in [3.63, 3.8) is 0 Å². The maximum Gasteiger partial charge on any atom is 0.275 e. The Balaban J connectivity index is 1.80. The summed E-state index contributed by atoms with van der Waals surface area (Å²) in [6.45, 7) is 7.62. The molecule has 0 saturated heterocycles. The highest BCUT2D eigenvalue weighted by molar-refractivity contribution is 6.76. The Kier molecular flexibility index (Phi) is 7.55. The van der Waals surface area contributed by atoms with Crippen molar-refractivity contribution in [3.05, 3.63) is 76.6 Å². The van der Waals surface area contributed by atoms with Crippen LogP contribution in [0.2, 0.25) is 25.7 Å². The van der Waals surface area contributed by atoms with Gasteiger partial charge in [0, 0.05) is 32.6 Å². The number of halogens is 2. The summed E-state index contributed by atoms with van der Waals surface area (Å²) in [4.78, 5) is 14.6. The van der Waals surface area contributed by atoms with E-state index in [0.29, 0.717) is 41.1 Å². The van der Waals surface area contributed by atoms with Crippen molar-refractivity contribution in [2.75, 3.05) is 13.7 Å². The van der Waals surface area contributed by atoms with Crippen LogP contribution in [0.4, 0.5) is 14.5 Å². The van der Waals surface area contributed by atoms with Crippen molar-refractivity contribution in [2.45, 2.75) is 32.4 Å². The Bertz CT molecular complexity index is 1430. The summed E-state index contributed by atoms with van der Waals surface area (Å²) in [5.74, 6) is -2.35. The van der Waals surface area contributed by atoms with E-state index in [4.69, 9.17) is 14.2 Å². The molecule has 0 saturated carbocycles. The standard InChI is InChI=1S/C26H27F2N3O5Si/c1-34-19-7-5-6-17(12-19)20-15-30(16-35-10-11-37(2,3)4)26-24(20)23(8-9-29-26)36-25-21(27)13-18(31(32)33)14-22(25)28/h5-9,12-15H,10-11,16H2,1-4H3. The predicted octanol–water partition coefficient (Wildman–Crippen LogP) is 7.00. The third kappa shape index (κ3) is 5.95. The Morgan fingerprint density at radius 1 is 1.11 bits per heavy atom. The smallest absolute Gasteiger partial charge is 0.275 e. The molecular weight excluding hydrogens is 500 g/mol. The highest BCUT2D eigenvalue weighted by Gasteiger charge is 2.22. The zero-order valence-corrected chi connectivity index (χ0v) is 22.0. The van der Waals surface area contributed by atoms with Gasteiger partial charge in [-0.25, -0.2) is 13.8 Å². The average molecular weight is 528 g/mol. The van der Waals surface area contributed by atoms with E-state index in [0.717, 1.165) is 11.6 Å². The number of hydrogen-bond acceptors (Lipinski definition) is 6. The molecule has 0 bridgehead atoms. The van der Waals surface area contributed by atoms with Crippen molar-refractivity contribution in [2.24, 2.45) is 0 Å². The van der Waals surface area contributed by atoms with Crippen molar-refractivity contribution in [1.29, 1.82) is 0 Å². The zero-order chi connectivity index (χ0) is 26.7. The summed E-state index contributed by atoms with van der Waals surface area (Å²) < 4.78 is 48.1. The van der Waals surface area contributed by atoms with Crippen molar-refractivity contribution in [3.8, 4) is 28.4 Å². The van der Waals surface area contributed by atoms with Gasteiger partial charge in [0.05, 0.1) is 29.6 Å². The van der Waals surface area contributed by atoms with Crippen LogP contribution in [0, 0.1) is 21.7 Å². The Labute approximate surface area is 213 Å². The van der Waals surface area contributed by atoms with E-state index in [2.05, 4.69) is 24.6 Å². The molecule has 4 aromatic rings. The lowest BCUT2D eigenvalue weighted by atomic mass is 10.1. The van der Waals surface area contributed by atoms with Crippen molar-refractivity contribution < 1.29 is 27.9 Å². The van der Waals surface area contributed by atoms with Gasteiger partial charge in [0.15, 0.2) is 17.4 Å². The van der Waals surface area contributed by atoms with Gasteiger partial charge in [0.2, 0.25) is 0 Å². The Hall–Kier alpha value is -3.83. The number of fused-ring (bicyclic) bond motifs is 1. The molecular formula is C26H27F2N3O5Si. The number of nitro groups is 1. The van der Waals surface area contributed by atoms with E-state index >= 15 is 0 Å². The third-order valence-electron chi connectivity index (χ3n) is 5.73. The number of nitro benzene ring substituents is 1. The number of benzene rings is 2. The van der Waals surface area contributed by atoms with Crippen LogP contribution in [-0.4, -0.2) is 36.3 Å². The monoisotopic (exact) mass is 527 g/mol. The fourth-order valence-electron chi connectivity index (χ4n) is 3.78. The van der Waals surface area contributed by atoms with Crippen molar-refractivity contribution >= 4 is 24.8 Å². The first-order valence-corrected chi connectivity index (χ1v) is 15.3. The summed E-state index contributed by atoms with van der Waals surface area (Å²) in [5, 5.41) is 11.5. The molecule has 0 amide bonds. The van der Waals surface area contributed by atoms with E-state index in [9.17, 15) is 18.9 Å². The van der Waals surface area contributed by atoms with Gasteiger partial charge in [-0.1, -0.05) is 31.8 Å². The lowest BCUT2D eigenvalue weighted by molar-refractivity contribution is -0.385. The van der Waals surface area contributed by atoms with E-state index in [1.807, 2.05) is 29.0 Å². The second-order valence-electron chi connectivity index (χ2n) is 9.70. The van der Waals surface area contributed by atoms with Gasteiger partial charge in [-0.2, -0.15) is 0 Å². The largest absolute Gasteiger partial charge is 0.497 e. The number of nitrogens with zero attached hydrogens (tertiary/aromatic N) is 3. The molecule has 0 atom stereocenters. The predicted molar refractivity (Wildman–Crippen MR) is 139 cm³/mol. The Morgan fingerprint density at radius 3 is 2.49 bits per heavy atom. The lowest BCUT2D eigenvalue weighted by Crippen LogP contribution is -2.22. The average Bonchev–Trinajstić information content (AvgIpc) is 3.23. The molecule has 2 heterocycles. The van der Waals surface area contributed by atoms with E-state index in [1.54, 1.807) is 13.2 Å². The quantitative estimate of drug-likeness (QED) is 0.0955. The fourth-order valence-corrected chi connectivity index (χ4v) is 4.54. The SMILES string of the molecule is COc1cccc(-c2cn(COCC[Si](C)(C)C)c3nccc(Oc4c(F)cc([N+](=O)[O-])cc4F)c23)c1. The maximum absolute atomic E-state index is 14.7. The van der Waals surface area contributed by atoms with Crippen LogP contribution in [-0.2, 0) is 11.5 Å². The van der Waals surface area contributed by atoms with Gasteiger partial charge < -0.3 is 18.8 Å². The highest BCUT2D eigenvalue weighted by atomic mass is 28.3. The number of methoxy groups -OCH3 is 1. The maximum atomic E-state index is 14.7. The molecule has 8 nitrogen and oxygen atoms in total. The molecule has 2 aromatic heterocycles. The minimum Gasteiger partial charge on any atom is -0.497 e. The molecule has 0 unspecified atom stereocenters. The minimum absolute atomic E-state index is 0.135. The molecule has 0 fully saturated rings. The van der Waals surface area contributed by atoms with Crippen LogP contribution in [0.3, 0.4) is 0 Å². The van der Waals surface area contributed by atoms with E-state index in [1.165, 1.54) is 12.3 Å². The van der Waals surface area contributed by atoms with Gasteiger partial charge in [-0.15, -0.1) is 0 Å². The molecule has 0 aliphatic carbocycles. The van der Waals surface area contributed by atoms with Gasteiger partial charge in [0.25, 0.3) is 5.69 Å². The number of ether oxygens (including phenoxy) is 3. The lowest BCUT2D eigenvalue weighted by Gasteiger charge is -2.15. The minimum atomic E-state index is -1.28. The van der Waals surface area contributed by atoms with Crippen LogP contribution in [0.15, 0.2) is 54.9 Å². The second-order valence-corrected chi connectivity index (χ2v) is 15.3. The van der Waals surface area contributed by atoms with Crippen LogP contribution in [0.5, 0.6) is 17.2 Å². The van der Waals surface area contributed by atoms with Gasteiger partial charge in [-0.3, -0.25) is 10.1 Å². The number of rotatable bonds is 10. The first-order chi connectivity index (χ1) is 17.6. The molecule has 4 rings (SSSR count). The summed E-state index contributed by atoms with van der Waals surface area (Å²) in [6.07, 6.45) is 3.31. The fraction of sp³-hybridized carbons (Fsp3) is 0.269. The van der Waals surface area contributed by atoms with Crippen LogP contribution in [0.25, 0.3) is 22.2 Å². The number of aromatic nitrogens is 2. The van der Waals surface area contributed by atoms with Gasteiger partial charge >= 0.3 is 0 Å². The van der Waals surface area contributed by atoms with Gasteiger partial charge in [-0.05, 0) is 29.8 Å². The molecule has 0 spiro atoms. The normalized spacial score (nSPS) is 11.6. The Morgan fingerprint density at radius 2 is 1.84 bits per heavy atom. The van der Waals surface area contributed by atoms with Crippen LogP contribution >= 0.6 is 0 Å². The van der Waals surface area contributed by atoms with Crippen LogP contribution < -0.4 is 9.47 Å².